The maximum Gasteiger partial charge on any atom is 0.241 e. The van der Waals surface area contributed by atoms with Crippen molar-refractivity contribution in [2.75, 3.05) is 19.6 Å². The normalized spacial score (nSPS) is 19.9. The number of benzene rings is 1. The van der Waals surface area contributed by atoms with Crippen LogP contribution >= 0.6 is 0 Å². The second kappa shape index (κ2) is 9.31. The second-order valence-electron chi connectivity index (χ2n) is 7.83. The van der Waals surface area contributed by atoms with Gasteiger partial charge in [0, 0.05) is 31.6 Å². The molecule has 1 fully saturated rings. The Kier molecular flexibility index (Phi) is 6.34. The highest BCUT2D eigenvalue weighted by atomic mass is 16.5. The van der Waals surface area contributed by atoms with E-state index in [2.05, 4.69) is 50.8 Å². The van der Waals surface area contributed by atoms with Crippen molar-refractivity contribution in [2.45, 2.75) is 52.1 Å². The van der Waals surface area contributed by atoms with E-state index < -0.39 is 0 Å². The molecule has 1 aliphatic rings. The highest BCUT2D eigenvalue weighted by Gasteiger charge is 2.24. The van der Waals surface area contributed by atoms with E-state index in [0.29, 0.717) is 18.9 Å². The Bertz CT molecular complexity index is 974. The number of hydrogen-bond acceptors (Lipinski definition) is 7. The highest BCUT2D eigenvalue weighted by molar-refractivity contribution is 5.78. The number of amides is 1. The molecule has 1 saturated heterocycles. The Balaban J connectivity index is 1.23. The SMILES string of the molecule is C[C@@H]1CN(Cc2nnnn2CC(=O)NCCCn2ncc3ccccc32)C[C@H](C)O1. The summed E-state index contributed by atoms with van der Waals surface area (Å²) in [6.07, 6.45) is 3.01. The first kappa shape index (κ1) is 20.4. The van der Waals surface area contributed by atoms with Crippen LogP contribution in [0.1, 0.15) is 26.1 Å². The predicted molar refractivity (Wildman–Crippen MR) is 110 cm³/mol. The fourth-order valence-corrected chi connectivity index (χ4v) is 3.93. The third-order valence-corrected chi connectivity index (χ3v) is 5.18. The van der Waals surface area contributed by atoms with Crippen LogP contribution in [0.2, 0.25) is 0 Å². The monoisotopic (exact) mass is 412 g/mol. The molecule has 3 aromatic rings. The van der Waals surface area contributed by atoms with Crippen molar-refractivity contribution in [3.63, 3.8) is 0 Å². The summed E-state index contributed by atoms with van der Waals surface area (Å²) in [5, 5.41) is 20.3. The zero-order valence-corrected chi connectivity index (χ0v) is 17.4. The van der Waals surface area contributed by atoms with E-state index in [-0.39, 0.29) is 24.7 Å². The predicted octanol–water partition coefficient (Wildman–Crippen LogP) is 0.839. The molecule has 0 aliphatic carbocycles. The highest BCUT2D eigenvalue weighted by Crippen LogP contribution is 2.13. The number of morpholine rings is 1. The molecule has 10 heteroatoms. The van der Waals surface area contributed by atoms with Crippen molar-refractivity contribution in [3.05, 3.63) is 36.3 Å². The quantitative estimate of drug-likeness (QED) is 0.547. The number of nitrogens with zero attached hydrogens (tertiary/aromatic N) is 7. The molecule has 1 aromatic carbocycles. The number of nitrogens with one attached hydrogen (secondary N) is 1. The summed E-state index contributed by atoms with van der Waals surface area (Å²) in [4.78, 5) is 14.6. The van der Waals surface area contributed by atoms with E-state index in [1.165, 1.54) is 0 Å². The summed E-state index contributed by atoms with van der Waals surface area (Å²) in [6.45, 7) is 7.81. The van der Waals surface area contributed by atoms with Crippen LogP contribution in [0.4, 0.5) is 0 Å². The van der Waals surface area contributed by atoms with E-state index in [4.69, 9.17) is 4.74 Å². The summed E-state index contributed by atoms with van der Waals surface area (Å²) in [7, 11) is 0. The summed E-state index contributed by atoms with van der Waals surface area (Å²) in [5.74, 6) is 0.590. The summed E-state index contributed by atoms with van der Waals surface area (Å²) >= 11 is 0. The van der Waals surface area contributed by atoms with E-state index in [9.17, 15) is 4.79 Å². The second-order valence-corrected chi connectivity index (χ2v) is 7.83. The Morgan fingerprint density at radius 2 is 2.00 bits per heavy atom. The van der Waals surface area contributed by atoms with Gasteiger partial charge in [0.1, 0.15) is 6.54 Å². The number of fused-ring (bicyclic) bond motifs is 1. The third kappa shape index (κ3) is 5.00. The number of tetrazole rings is 1. The van der Waals surface area contributed by atoms with Gasteiger partial charge in [-0.15, -0.1) is 5.10 Å². The first-order valence-corrected chi connectivity index (χ1v) is 10.4. The fraction of sp³-hybridized carbons (Fsp3) is 0.550. The van der Waals surface area contributed by atoms with Crippen LogP contribution in [-0.2, 0) is 29.2 Å². The minimum Gasteiger partial charge on any atom is -0.373 e. The average Bonchev–Trinajstić information content (AvgIpc) is 3.31. The third-order valence-electron chi connectivity index (χ3n) is 5.18. The molecule has 0 bridgehead atoms. The van der Waals surface area contributed by atoms with Gasteiger partial charge in [-0.25, -0.2) is 4.68 Å². The molecule has 10 nitrogen and oxygen atoms in total. The van der Waals surface area contributed by atoms with Crippen molar-refractivity contribution in [3.8, 4) is 0 Å². The number of rotatable bonds is 8. The molecule has 1 amide bonds. The van der Waals surface area contributed by atoms with Gasteiger partial charge in [-0.2, -0.15) is 5.10 Å². The number of aromatic nitrogens is 6. The lowest BCUT2D eigenvalue weighted by atomic mass is 10.2. The molecular formula is C20H28N8O2. The Hall–Kier alpha value is -2.85. The van der Waals surface area contributed by atoms with Gasteiger partial charge in [0.15, 0.2) is 5.82 Å². The number of ether oxygens (including phenoxy) is 1. The Morgan fingerprint density at radius 3 is 2.83 bits per heavy atom. The molecule has 0 saturated carbocycles. The number of hydrogen-bond donors (Lipinski definition) is 1. The number of carbonyl (C=O) groups is 1. The van der Waals surface area contributed by atoms with Crippen LogP contribution in [0.5, 0.6) is 0 Å². The number of aryl methyl sites for hydroxylation is 1. The number of carbonyl (C=O) groups excluding carboxylic acids is 1. The zero-order chi connectivity index (χ0) is 20.9. The number of para-hydroxylation sites is 1. The van der Waals surface area contributed by atoms with Gasteiger partial charge in [0.2, 0.25) is 5.91 Å². The van der Waals surface area contributed by atoms with Crippen molar-refractivity contribution in [1.82, 2.24) is 40.2 Å². The van der Waals surface area contributed by atoms with Crippen molar-refractivity contribution in [1.29, 1.82) is 0 Å². The van der Waals surface area contributed by atoms with Gasteiger partial charge in [0.05, 0.1) is 30.5 Å². The first-order chi connectivity index (χ1) is 14.6. The molecular weight excluding hydrogens is 384 g/mol. The van der Waals surface area contributed by atoms with Crippen LogP contribution < -0.4 is 5.32 Å². The maximum absolute atomic E-state index is 12.3. The fourth-order valence-electron chi connectivity index (χ4n) is 3.93. The van der Waals surface area contributed by atoms with Gasteiger partial charge in [0.25, 0.3) is 0 Å². The van der Waals surface area contributed by atoms with E-state index in [1.807, 2.05) is 29.1 Å². The molecule has 0 radical (unpaired) electrons. The van der Waals surface area contributed by atoms with Gasteiger partial charge in [-0.05, 0) is 36.8 Å². The van der Waals surface area contributed by atoms with E-state index in [1.54, 1.807) is 4.68 Å². The van der Waals surface area contributed by atoms with Gasteiger partial charge in [-0.3, -0.25) is 14.4 Å². The standard InChI is InChI=1S/C20H28N8O2/c1-15-11-26(12-16(2)30-15)13-19-23-24-25-28(19)14-20(29)21-8-5-9-27-18-7-4-3-6-17(18)10-22-27/h3-4,6-7,10,15-16H,5,8-9,11-14H2,1-2H3,(H,21,29)/t15-,16+. The molecule has 4 rings (SSSR count). The average molecular weight is 412 g/mol. The summed E-state index contributed by atoms with van der Waals surface area (Å²) in [6, 6.07) is 8.10. The molecule has 3 heterocycles. The van der Waals surface area contributed by atoms with Crippen LogP contribution in [0.25, 0.3) is 10.9 Å². The molecule has 0 unspecified atom stereocenters. The molecule has 2 atom stereocenters. The zero-order valence-electron chi connectivity index (χ0n) is 17.4. The van der Waals surface area contributed by atoms with Crippen molar-refractivity contribution in [2.24, 2.45) is 0 Å². The minimum atomic E-state index is -0.0995. The first-order valence-electron chi connectivity index (χ1n) is 10.4. The largest absolute Gasteiger partial charge is 0.373 e. The van der Waals surface area contributed by atoms with Gasteiger partial charge in [-0.1, -0.05) is 18.2 Å². The lowest BCUT2D eigenvalue weighted by molar-refractivity contribution is -0.122. The maximum atomic E-state index is 12.3. The Morgan fingerprint density at radius 1 is 1.20 bits per heavy atom. The molecule has 1 aliphatic heterocycles. The van der Waals surface area contributed by atoms with Crippen LogP contribution in [0, 0.1) is 0 Å². The van der Waals surface area contributed by atoms with Crippen LogP contribution in [0.15, 0.2) is 30.5 Å². The van der Waals surface area contributed by atoms with Crippen LogP contribution in [0.3, 0.4) is 0 Å². The summed E-state index contributed by atoms with van der Waals surface area (Å²) in [5.41, 5.74) is 1.11. The minimum absolute atomic E-state index is 0.0995. The summed E-state index contributed by atoms with van der Waals surface area (Å²) < 4.78 is 9.30. The molecule has 160 valence electrons. The lowest BCUT2D eigenvalue weighted by Crippen LogP contribution is -2.45. The molecule has 1 N–H and O–H groups in total. The van der Waals surface area contributed by atoms with Gasteiger partial charge >= 0.3 is 0 Å². The van der Waals surface area contributed by atoms with Crippen molar-refractivity contribution >= 4 is 16.8 Å². The molecule has 0 spiro atoms. The van der Waals surface area contributed by atoms with E-state index in [0.717, 1.165) is 37.0 Å². The molecule has 30 heavy (non-hydrogen) atoms. The topological polar surface area (TPSA) is 103 Å². The van der Waals surface area contributed by atoms with Gasteiger partial charge < -0.3 is 10.1 Å². The van der Waals surface area contributed by atoms with E-state index >= 15 is 0 Å². The van der Waals surface area contributed by atoms with Crippen molar-refractivity contribution < 1.29 is 9.53 Å². The smallest absolute Gasteiger partial charge is 0.241 e. The van der Waals surface area contributed by atoms with Crippen LogP contribution in [-0.4, -0.2) is 72.6 Å². The lowest BCUT2D eigenvalue weighted by Gasteiger charge is -2.34. The Labute approximate surface area is 175 Å². The molecule has 2 aromatic heterocycles.